The molecule has 2 heterocycles. The largest absolute Gasteiger partial charge is 0.390 e. The number of likely N-dealkylation sites (tertiary alicyclic amines) is 1. The summed E-state index contributed by atoms with van der Waals surface area (Å²) in [5.41, 5.74) is -0.325. The quantitative estimate of drug-likeness (QED) is 0.794. The summed E-state index contributed by atoms with van der Waals surface area (Å²) in [7, 11) is 0. The van der Waals surface area contributed by atoms with Crippen LogP contribution in [0.3, 0.4) is 0 Å². The van der Waals surface area contributed by atoms with Crippen molar-refractivity contribution in [3.05, 3.63) is 35.9 Å². The van der Waals surface area contributed by atoms with E-state index in [1.54, 1.807) is 6.92 Å². The number of piperidine rings is 1. The Bertz CT molecular complexity index is 628. The van der Waals surface area contributed by atoms with Crippen LogP contribution in [0.25, 0.3) is 0 Å². The lowest BCUT2D eigenvalue weighted by molar-refractivity contribution is -0.132. The second-order valence-corrected chi connectivity index (χ2v) is 7.47. The number of β-amino-alcohol motifs (C(OH)–C–C–N with tert-alkyl or cyclic N) is 1. The van der Waals surface area contributed by atoms with E-state index >= 15 is 0 Å². The maximum atomic E-state index is 12.8. The zero-order valence-corrected chi connectivity index (χ0v) is 14.9. The number of nitrogens with one attached hydrogen (secondary N) is 1. The molecule has 6 nitrogen and oxygen atoms in total. The second kappa shape index (κ2) is 7.14. The van der Waals surface area contributed by atoms with Crippen LogP contribution in [0.1, 0.15) is 32.3 Å². The number of nitrogens with zero attached hydrogens (tertiary/aromatic N) is 2. The molecule has 2 saturated heterocycles. The molecule has 25 heavy (non-hydrogen) atoms. The predicted molar refractivity (Wildman–Crippen MR) is 94.9 cm³/mol. The van der Waals surface area contributed by atoms with Gasteiger partial charge in [-0.15, -0.1) is 0 Å². The molecule has 2 N–H and O–H groups in total. The molecular formula is C19H27N3O3. The first-order valence-corrected chi connectivity index (χ1v) is 9.00. The second-order valence-electron chi connectivity index (χ2n) is 7.47. The smallest absolute Gasteiger partial charge is 0.325 e. The van der Waals surface area contributed by atoms with E-state index in [-0.39, 0.29) is 12.5 Å². The fraction of sp³-hybridized carbons (Fsp3) is 0.579. The van der Waals surface area contributed by atoms with Gasteiger partial charge in [-0.25, -0.2) is 4.79 Å². The Morgan fingerprint density at radius 1 is 1.20 bits per heavy atom. The minimum absolute atomic E-state index is 0.0269. The number of carbonyl (C=O) groups is 2. The van der Waals surface area contributed by atoms with Crippen LogP contribution in [0, 0.1) is 5.92 Å². The summed E-state index contributed by atoms with van der Waals surface area (Å²) in [6.45, 7) is 6.39. The average molecular weight is 345 g/mol. The molecule has 0 saturated carbocycles. The van der Waals surface area contributed by atoms with E-state index in [9.17, 15) is 14.7 Å². The number of benzene rings is 1. The first-order chi connectivity index (χ1) is 11.9. The number of carbonyl (C=O) groups excluding carboxylic acids is 2. The first-order valence-electron chi connectivity index (χ1n) is 9.00. The molecule has 3 rings (SSSR count). The van der Waals surface area contributed by atoms with Crippen molar-refractivity contribution in [2.24, 2.45) is 5.92 Å². The fourth-order valence-corrected chi connectivity index (χ4v) is 3.64. The summed E-state index contributed by atoms with van der Waals surface area (Å²) >= 11 is 0. The molecular weight excluding hydrogens is 318 g/mol. The molecule has 0 aromatic heterocycles. The summed E-state index contributed by atoms with van der Waals surface area (Å²) in [5.74, 6) is 0.418. The molecule has 2 fully saturated rings. The van der Waals surface area contributed by atoms with Gasteiger partial charge in [0.2, 0.25) is 0 Å². The summed E-state index contributed by atoms with van der Waals surface area (Å²) in [5, 5.41) is 13.2. The van der Waals surface area contributed by atoms with Gasteiger partial charge in [0.15, 0.2) is 0 Å². The zero-order valence-electron chi connectivity index (χ0n) is 14.9. The topological polar surface area (TPSA) is 72.9 Å². The van der Waals surface area contributed by atoms with Crippen LogP contribution in [0.5, 0.6) is 0 Å². The van der Waals surface area contributed by atoms with Crippen molar-refractivity contribution in [2.45, 2.75) is 38.3 Å². The molecule has 0 spiro atoms. The van der Waals surface area contributed by atoms with Crippen LogP contribution in [0.15, 0.2) is 30.3 Å². The van der Waals surface area contributed by atoms with Gasteiger partial charge in [0.1, 0.15) is 5.54 Å². The van der Waals surface area contributed by atoms with Crippen molar-refractivity contribution < 1.29 is 14.7 Å². The van der Waals surface area contributed by atoms with E-state index < -0.39 is 17.7 Å². The Morgan fingerprint density at radius 3 is 2.48 bits per heavy atom. The van der Waals surface area contributed by atoms with E-state index in [4.69, 9.17) is 0 Å². The Morgan fingerprint density at radius 2 is 1.84 bits per heavy atom. The number of aliphatic hydroxyl groups excluding tert-OH is 1. The van der Waals surface area contributed by atoms with E-state index in [1.165, 1.54) is 0 Å². The molecule has 2 atom stereocenters. The van der Waals surface area contributed by atoms with Crippen LogP contribution in [0.4, 0.5) is 4.79 Å². The van der Waals surface area contributed by atoms with E-state index in [0.717, 1.165) is 42.3 Å². The third kappa shape index (κ3) is 3.70. The maximum Gasteiger partial charge on any atom is 0.325 e. The van der Waals surface area contributed by atoms with Crippen LogP contribution < -0.4 is 5.32 Å². The van der Waals surface area contributed by atoms with Crippen LogP contribution >= 0.6 is 0 Å². The van der Waals surface area contributed by atoms with Gasteiger partial charge in [-0.2, -0.15) is 0 Å². The van der Waals surface area contributed by atoms with Crippen molar-refractivity contribution in [1.29, 1.82) is 0 Å². The van der Waals surface area contributed by atoms with Crippen molar-refractivity contribution in [1.82, 2.24) is 15.1 Å². The summed E-state index contributed by atoms with van der Waals surface area (Å²) < 4.78 is 0. The number of urea groups is 1. The normalized spacial score (nSPS) is 26.8. The number of amides is 3. The molecule has 0 aliphatic carbocycles. The fourth-order valence-electron chi connectivity index (χ4n) is 3.64. The summed E-state index contributed by atoms with van der Waals surface area (Å²) in [4.78, 5) is 28.5. The highest BCUT2D eigenvalue weighted by Gasteiger charge is 2.49. The number of hydrogen-bond acceptors (Lipinski definition) is 4. The molecule has 2 aliphatic heterocycles. The standard InChI is InChI=1S/C19H27N3O3/c1-14-8-10-21(11-9-14)12-16(23)13-22-17(24)19(2,20-18(22)25)15-6-4-3-5-7-15/h3-7,14,16,23H,8-13H2,1-2H3,(H,20,25)/t16-,19-/m1/s1. The minimum atomic E-state index is -1.07. The molecule has 3 amide bonds. The number of imide groups is 1. The van der Waals surface area contributed by atoms with Gasteiger partial charge in [0, 0.05) is 6.54 Å². The monoisotopic (exact) mass is 345 g/mol. The third-order valence-electron chi connectivity index (χ3n) is 5.36. The van der Waals surface area contributed by atoms with Gasteiger partial charge in [-0.3, -0.25) is 9.69 Å². The highest BCUT2D eigenvalue weighted by Crippen LogP contribution is 2.28. The van der Waals surface area contributed by atoms with Gasteiger partial charge < -0.3 is 15.3 Å². The highest BCUT2D eigenvalue weighted by molar-refractivity contribution is 6.07. The molecule has 2 aliphatic rings. The van der Waals surface area contributed by atoms with Crippen LogP contribution in [0.2, 0.25) is 0 Å². The summed E-state index contributed by atoms with van der Waals surface area (Å²) in [6, 6.07) is 8.77. The van der Waals surface area contributed by atoms with E-state index in [2.05, 4.69) is 17.1 Å². The van der Waals surface area contributed by atoms with Gasteiger partial charge >= 0.3 is 6.03 Å². The third-order valence-corrected chi connectivity index (χ3v) is 5.36. The number of aliphatic hydroxyl groups is 1. The zero-order chi connectivity index (χ0) is 18.0. The van der Waals surface area contributed by atoms with Crippen molar-refractivity contribution in [3.63, 3.8) is 0 Å². The maximum absolute atomic E-state index is 12.8. The first kappa shape index (κ1) is 17.9. The van der Waals surface area contributed by atoms with E-state index in [0.29, 0.717) is 6.54 Å². The molecule has 0 radical (unpaired) electrons. The average Bonchev–Trinajstić information content (AvgIpc) is 2.82. The van der Waals surface area contributed by atoms with Gasteiger partial charge in [-0.05, 0) is 44.3 Å². The minimum Gasteiger partial charge on any atom is -0.390 e. The molecule has 1 aromatic carbocycles. The van der Waals surface area contributed by atoms with Crippen molar-refractivity contribution in [2.75, 3.05) is 26.2 Å². The lowest BCUT2D eigenvalue weighted by Gasteiger charge is -2.32. The Kier molecular flexibility index (Phi) is 5.11. The molecule has 136 valence electrons. The SMILES string of the molecule is CC1CCN(C[C@@H](O)CN2C(=O)N[C@](C)(c3ccccc3)C2=O)CC1. The molecule has 1 aromatic rings. The number of rotatable bonds is 5. The van der Waals surface area contributed by atoms with E-state index in [1.807, 2.05) is 30.3 Å². The molecule has 6 heteroatoms. The van der Waals surface area contributed by atoms with Gasteiger partial charge in [-0.1, -0.05) is 37.3 Å². The van der Waals surface area contributed by atoms with Crippen molar-refractivity contribution >= 4 is 11.9 Å². The Labute approximate surface area is 148 Å². The van der Waals surface area contributed by atoms with Crippen LogP contribution in [-0.4, -0.2) is 59.1 Å². The Balaban J connectivity index is 1.63. The van der Waals surface area contributed by atoms with Crippen LogP contribution in [-0.2, 0) is 10.3 Å². The van der Waals surface area contributed by atoms with Gasteiger partial charge in [0.25, 0.3) is 5.91 Å². The molecule has 0 unspecified atom stereocenters. The Hall–Kier alpha value is -1.92. The summed E-state index contributed by atoms with van der Waals surface area (Å²) in [6.07, 6.45) is 1.52. The van der Waals surface area contributed by atoms with Gasteiger partial charge in [0.05, 0.1) is 12.6 Å². The highest BCUT2D eigenvalue weighted by atomic mass is 16.3. The predicted octanol–water partition coefficient (Wildman–Crippen LogP) is 1.55. The lowest BCUT2D eigenvalue weighted by atomic mass is 9.92. The lowest BCUT2D eigenvalue weighted by Crippen LogP contribution is -2.45. The van der Waals surface area contributed by atoms with Crippen molar-refractivity contribution in [3.8, 4) is 0 Å². The number of hydrogen-bond donors (Lipinski definition) is 2. The molecule has 0 bridgehead atoms.